The molecule has 1 N–H and O–H groups in total. The summed E-state index contributed by atoms with van der Waals surface area (Å²) in [6.45, 7) is 13.8. The third kappa shape index (κ3) is 5.74. The lowest BCUT2D eigenvalue weighted by Crippen LogP contribution is -2.51. The molecule has 7 atom stereocenters. The van der Waals surface area contributed by atoms with Gasteiger partial charge in [-0.1, -0.05) is 38.4 Å². The quantitative estimate of drug-likeness (QED) is 0.122. The molecule has 41 heavy (non-hydrogen) atoms. The lowest BCUT2D eigenvalue weighted by atomic mass is 9.46. The minimum atomic E-state index is -0.482. The number of amides is 1. The molecule has 1 saturated heterocycles. The van der Waals surface area contributed by atoms with Crippen molar-refractivity contribution in [3.8, 4) is 0 Å². The number of hydrogen-bond acceptors (Lipinski definition) is 7. The van der Waals surface area contributed by atoms with Gasteiger partial charge in [0.1, 0.15) is 6.61 Å². The summed E-state index contributed by atoms with van der Waals surface area (Å²) in [5.74, 6) is 2.60. The first kappa shape index (κ1) is 30.2. The third-order valence-corrected chi connectivity index (χ3v) is 12.3. The minimum absolute atomic E-state index is 0.137. The Morgan fingerprint density at radius 2 is 1.88 bits per heavy atom. The second-order valence-electron chi connectivity index (χ2n) is 14.7. The van der Waals surface area contributed by atoms with Gasteiger partial charge in [-0.2, -0.15) is 0 Å². The van der Waals surface area contributed by atoms with Gasteiger partial charge in [0.25, 0.3) is 6.47 Å². The van der Waals surface area contributed by atoms with Crippen molar-refractivity contribution in [1.29, 1.82) is 0 Å². The van der Waals surface area contributed by atoms with Gasteiger partial charge in [-0.15, -0.1) is 0 Å². The van der Waals surface area contributed by atoms with Crippen LogP contribution in [0.1, 0.15) is 98.8 Å². The third-order valence-electron chi connectivity index (χ3n) is 12.3. The zero-order valence-electron chi connectivity index (χ0n) is 25.9. The molecule has 1 unspecified atom stereocenters. The second-order valence-corrected chi connectivity index (χ2v) is 14.7. The molecule has 0 bridgehead atoms. The summed E-state index contributed by atoms with van der Waals surface area (Å²) >= 11 is 0. The van der Waals surface area contributed by atoms with E-state index >= 15 is 0 Å². The Hall–Kier alpha value is -2.22. The van der Waals surface area contributed by atoms with Crippen molar-refractivity contribution in [2.45, 2.75) is 105 Å². The van der Waals surface area contributed by atoms with Crippen LogP contribution in [0.4, 0.5) is 4.79 Å². The molecule has 5 aliphatic rings. The fourth-order valence-corrected chi connectivity index (χ4v) is 9.78. The van der Waals surface area contributed by atoms with Crippen LogP contribution >= 0.6 is 0 Å². The first-order chi connectivity index (χ1) is 19.5. The Labute approximate surface area is 246 Å². The summed E-state index contributed by atoms with van der Waals surface area (Å²) in [6, 6.07) is 0.322. The van der Waals surface area contributed by atoms with Gasteiger partial charge in [-0.3, -0.25) is 14.4 Å². The van der Waals surface area contributed by atoms with Crippen LogP contribution in [0.15, 0.2) is 16.8 Å². The molecular formula is C33H51N3O5. The lowest BCUT2D eigenvalue weighted by molar-refractivity contribution is -0.129. The largest absolute Gasteiger partial charge is 0.466 e. The van der Waals surface area contributed by atoms with Gasteiger partial charge in [-0.05, 0) is 111 Å². The van der Waals surface area contributed by atoms with Crippen LogP contribution in [0, 0.1) is 39.9 Å². The predicted octanol–water partition coefficient (Wildman–Crippen LogP) is 5.90. The van der Waals surface area contributed by atoms with Crippen LogP contribution in [0.25, 0.3) is 0 Å². The van der Waals surface area contributed by atoms with Crippen molar-refractivity contribution in [2.75, 3.05) is 26.2 Å². The van der Waals surface area contributed by atoms with Crippen LogP contribution in [-0.2, 0) is 19.2 Å². The number of oxime groups is 1. The number of nitrogens with zero attached hydrogens (tertiary/aromatic N) is 2. The molecular weight excluding hydrogens is 518 g/mol. The van der Waals surface area contributed by atoms with E-state index in [0.29, 0.717) is 54.9 Å². The highest BCUT2D eigenvalue weighted by atomic mass is 16.7. The Morgan fingerprint density at radius 3 is 2.61 bits per heavy atom. The van der Waals surface area contributed by atoms with Crippen LogP contribution < -0.4 is 5.32 Å². The number of carbonyl (C=O) groups is 3. The number of rotatable bonds is 9. The number of ether oxygens (including phenoxy) is 1. The van der Waals surface area contributed by atoms with E-state index in [1.165, 1.54) is 24.8 Å². The Morgan fingerprint density at radius 1 is 1.07 bits per heavy atom. The van der Waals surface area contributed by atoms with Gasteiger partial charge in [0, 0.05) is 24.9 Å². The van der Waals surface area contributed by atoms with Gasteiger partial charge in [0.15, 0.2) is 5.78 Å². The van der Waals surface area contributed by atoms with Crippen molar-refractivity contribution in [3.05, 3.63) is 11.6 Å². The van der Waals surface area contributed by atoms with E-state index in [1.54, 1.807) is 4.90 Å². The molecule has 1 aliphatic heterocycles. The first-order valence-electron chi connectivity index (χ1n) is 16.0. The number of carbonyl (C=O) groups excluding carboxylic acids is 3. The van der Waals surface area contributed by atoms with E-state index in [2.05, 4.69) is 38.2 Å². The second kappa shape index (κ2) is 11.8. The first-order valence-corrected chi connectivity index (χ1v) is 16.0. The monoisotopic (exact) mass is 569 g/mol. The zero-order valence-corrected chi connectivity index (χ0v) is 25.9. The standard InChI is InChI=1S/C33H51N3O5/c1-22(35-41-30(39)36(18-19-40-21-37)17-12-29-31(2,3)15-16-34-29)26-8-9-27-25-7-6-23-20-24(38)10-13-32(23,4)28(25)11-14-33(26,27)5/h20-21,25-29,34H,6-19H2,1-5H3/b35-22+/t25-,26+,27-,28-,29?,32-,33+/m0/s1. The van der Waals surface area contributed by atoms with Gasteiger partial charge >= 0.3 is 6.09 Å². The highest BCUT2D eigenvalue weighted by Gasteiger charge is 2.59. The summed E-state index contributed by atoms with van der Waals surface area (Å²) in [5, 5.41) is 8.00. The van der Waals surface area contributed by atoms with Gasteiger partial charge in [0.2, 0.25) is 0 Å². The number of fused-ring (bicyclic) bond motifs is 5. The van der Waals surface area contributed by atoms with E-state index < -0.39 is 6.09 Å². The minimum Gasteiger partial charge on any atom is -0.466 e. The van der Waals surface area contributed by atoms with Crippen LogP contribution in [-0.4, -0.2) is 61.2 Å². The van der Waals surface area contributed by atoms with Crippen molar-refractivity contribution in [1.82, 2.24) is 10.2 Å². The molecule has 0 radical (unpaired) electrons. The summed E-state index contributed by atoms with van der Waals surface area (Å²) in [4.78, 5) is 43.2. The number of hydrogen-bond donors (Lipinski definition) is 1. The number of nitrogens with one attached hydrogen (secondary N) is 1. The summed E-state index contributed by atoms with van der Waals surface area (Å²) < 4.78 is 4.89. The molecule has 4 aliphatic carbocycles. The molecule has 1 heterocycles. The van der Waals surface area contributed by atoms with Crippen molar-refractivity contribution >= 4 is 24.1 Å². The molecule has 4 fully saturated rings. The summed E-state index contributed by atoms with van der Waals surface area (Å²) in [5.41, 5.74) is 2.83. The fraction of sp³-hybridized carbons (Fsp3) is 0.818. The predicted molar refractivity (Wildman–Crippen MR) is 158 cm³/mol. The Bertz CT molecular complexity index is 1080. The van der Waals surface area contributed by atoms with Crippen molar-refractivity contribution in [2.24, 2.45) is 45.1 Å². The molecule has 8 nitrogen and oxygen atoms in total. The maximum atomic E-state index is 13.2. The molecule has 0 spiro atoms. The molecule has 228 valence electrons. The highest BCUT2D eigenvalue weighted by molar-refractivity contribution is 5.91. The van der Waals surface area contributed by atoms with Crippen LogP contribution in [0.3, 0.4) is 0 Å². The smallest absolute Gasteiger partial charge is 0.436 e. The molecule has 0 aromatic rings. The number of ketones is 1. The average Bonchev–Trinajstić information content (AvgIpc) is 3.47. The SMILES string of the molecule is C/C(=N\OC(=O)N(CCOC=O)CCC1NCCC1(C)C)[C@H]1CC[C@H]2[C@@H]3CCC4=CC(=O)CC[C@]4(C)[C@H]3CC[C@]12C. The van der Waals surface area contributed by atoms with Crippen molar-refractivity contribution < 1.29 is 24.0 Å². The topological polar surface area (TPSA) is 97.3 Å². The molecule has 1 amide bonds. The maximum absolute atomic E-state index is 13.2. The number of allylic oxidation sites excluding steroid dienone is 1. The summed E-state index contributed by atoms with van der Waals surface area (Å²) in [7, 11) is 0. The summed E-state index contributed by atoms with van der Waals surface area (Å²) in [6.07, 6.45) is 12.0. The van der Waals surface area contributed by atoms with E-state index in [4.69, 9.17) is 9.57 Å². The molecule has 0 aromatic carbocycles. The lowest BCUT2D eigenvalue weighted by Gasteiger charge is -2.58. The van der Waals surface area contributed by atoms with E-state index in [-0.39, 0.29) is 29.4 Å². The Balaban J connectivity index is 1.23. The fourth-order valence-electron chi connectivity index (χ4n) is 9.78. The Kier molecular flexibility index (Phi) is 8.71. The molecule has 8 heteroatoms. The average molecular weight is 570 g/mol. The molecule has 3 saturated carbocycles. The molecule has 5 rings (SSSR count). The van der Waals surface area contributed by atoms with Gasteiger partial charge in [-0.25, -0.2) is 4.79 Å². The van der Waals surface area contributed by atoms with Gasteiger partial charge in [0.05, 0.1) is 12.3 Å². The van der Waals surface area contributed by atoms with Crippen LogP contribution in [0.2, 0.25) is 0 Å². The zero-order chi connectivity index (χ0) is 29.4. The highest BCUT2D eigenvalue weighted by Crippen LogP contribution is 2.66. The van der Waals surface area contributed by atoms with Gasteiger partial charge < -0.3 is 15.0 Å². The van der Waals surface area contributed by atoms with E-state index in [0.717, 1.165) is 50.8 Å². The van der Waals surface area contributed by atoms with Crippen LogP contribution in [0.5, 0.6) is 0 Å². The molecule has 0 aromatic heterocycles. The van der Waals surface area contributed by atoms with E-state index in [1.807, 2.05) is 13.0 Å². The van der Waals surface area contributed by atoms with E-state index in [9.17, 15) is 14.4 Å². The normalized spacial score (nSPS) is 37.9. The van der Waals surface area contributed by atoms with Crippen molar-refractivity contribution in [3.63, 3.8) is 0 Å². The maximum Gasteiger partial charge on any atom is 0.436 e.